The monoisotopic (exact) mass is 192 g/mol. The molecule has 1 aromatic carbocycles. The zero-order valence-corrected chi connectivity index (χ0v) is 7.97. The van der Waals surface area contributed by atoms with Gasteiger partial charge < -0.3 is 0 Å². The van der Waals surface area contributed by atoms with Gasteiger partial charge in [-0.1, -0.05) is 24.3 Å². The molecule has 0 saturated carbocycles. The molecule has 1 N–H and O–H groups in total. The molecule has 0 saturated heterocycles. The normalized spacial score (nSPS) is 10.3. The second-order valence-corrected chi connectivity index (χ2v) is 3.09. The van der Waals surface area contributed by atoms with Gasteiger partial charge in [0.25, 0.3) is 0 Å². The summed E-state index contributed by atoms with van der Waals surface area (Å²) in [5.74, 6) is 0. The highest BCUT2D eigenvalue weighted by Crippen LogP contribution is 2.25. The minimum absolute atomic E-state index is 0.889. The molecule has 13 heavy (non-hydrogen) atoms. The minimum Gasteiger partial charge on any atom is -0.296 e. The molecular weight excluding hydrogens is 184 g/mol. The summed E-state index contributed by atoms with van der Waals surface area (Å²) in [5.41, 5.74) is 1.80. The largest absolute Gasteiger partial charge is 0.296 e. The first-order chi connectivity index (χ1) is 6.33. The molecule has 1 aromatic heterocycles. The van der Waals surface area contributed by atoms with Gasteiger partial charge in [0.1, 0.15) is 0 Å². The van der Waals surface area contributed by atoms with Crippen molar-refractivity contribution in [2.24, 2.45) is 0 Å². The molecular formula is C10H9ClN2. The smallest absolute Gasteiger partial charge is 0.0782 e. The highest BCUT2D eigenvalue weighted by molar-refractivity contribution is 6.26. The third-order valence-corrected chi connectivity index (χ3v) is 2.27. The number of halogens is 1. The van der Waals surface area contributed by atoms with Gasteiger partial charge in [-0.2, -0.15) is 0 Å². The van der Waals surface area contributed by atoms with E-state index in [-0.39, 0.29) is 0 Å². The van der Waals surface area contributed by atoms with Crippen molar-refractivity contribution in [1.82, 2.24) is 4.98 Å². The van der Waals surface area contributed by atoms with Gasteiger partial charge in [0.05, 0.1) is 11.4 Å². The Bertz CT molecular complexity index is 440. The maximum atomic E-state index is 5.62. The molecule has 3 heteroatoms. The van der Waals surface area contributed by atoms with E-state index in [2.05, 4.69) is 9.82 Å². The van der Waals surface area contributed by atoms with Crippen LogP contribution in [0.2, 0.25) is 0 Å². The van der Waals surface area contributed by atoms with E-state index < -0.39 is 0 Å². The van der Waals surface area contributed by atoms with Crippen LogP contribution < -0.4 is 4.84 Å². The number of hydrogen-bond acceptors (Lipinski definition) is 2. The van der Waals surface area contributed by atoms with Crippen molar-refractivity contribution in [2.75, 3.05) is 4.84 Å². The Morgan fingerprint density at radius 3 is 2.85 bits per heavy atom. The predicted octanol–water partition coefficient (Wildman–Crippen LogP) is 3.11. The van der Waals surface area contributed by atoms with Crippen molar-refractivity contribution < 1.29 is 0 Å². The van der Waals surface area contributed by atoms with E-state index in [4.69, 9.17) is 11.8 Å². The highest BCUT2D eigenvalue weighted by Gasteiger charge is 2.02. The van der Waals surface area contributed by atoms with Crippen molar-refractivity contribution in [1.29, 1.82) is 0 Å². The fourth-order valence-corrected chi connectivity index (χ4v) is 1.62. The number of aryl methyl sites for hydroxylation is 1. The van der Waals surface area contributed by atoms with E-state index in [1.165, 1.54) is 0 Å². The Kier molecular flexibility index (Phi) is 2.07. The van der Waals surface area contributed by atoms with Crippen molar-refractivity contribution in [3.05, 3.63) is 36.2 Å². The van der Waals surface area contributed by atoms with Crippen LogP contribution in [0.15, 0.2) is 30.5 Å². The summed E-state index contributed by atoms with van der Waals surface area (Å²) in [7, 11) is 0. The lowest BCUT2D eigenvalue weighted by atomic mass is 10.1. The molecule has 0 aliphatic rings. The van der Waals surface area contributed by atoms with Gasteiger partial charge in [0.15, 0.2) is 0 Å². The summed E-state index contributed by atoms with van der Waals surface area (Å²) in [5, 5.41) is 2.20. The summed E-state index contributed by atoms with van der Waals surface area (Å²) in [6.45, 7) is 1.93. The predicted molar refractivity (Wildman–Crippen MR) is 56.0 cm³/mol. The highest BCUT2D eigenvalue weighted by atomic mass is 35.5. The molecule has 0 aliphatic heterocycles. The molecule has 2 rings (SSSR count). The fourth-order valence-electron chi connectivity index (χ4n) is 1.38. The molecule has 0 unspecified atom stereocenters. The van der Waals surface area contributed by atoms with Crippen LogP contribution in [0.5, 0.6) is 0 Å². The third kappa shape index (κ3) is 1.33. The van der Waals surface area contributed by atoms with Gasteiger partial charge in [-0.15, -0.1) is 0 Å². The maximum absolute atomic E-state index is 5.62. The van der Waals surface area contributed by atoms with Gasteiger partial charge in [-0.3, -0.25) is 9.82 Å². The van der Waals surface area contributed by atoms with Crippen LogP contribution >= 0.6 is 11.8 Å². The van der Waals surface area contributed by atoms with E-state index in [1.54, 1.807) is 0 Å². The number of pyridine rings is 1. The summed E-state index contributed by atoms with van der Waals surface area (Å²) in [4.78, 5) is 6.88. The lowest BCUT2D eigenvalue weighted by molar-refractivity contribution is 1.23. The van der Waals surface area contributed by atoms with Crippen LogP contribution in [0, 0.1) is 6.92 Å². The number of nitrogens with zero attached hydrogens (tertiary/aromatic N) is 1. The number of benzene rings is 1. The van der Waals surface area contributed by atoms with Crippen LogP contribution in [-0.2, 0) is 0 Å². The SMILES string of the molecule is Cc1ncc2ccccc2c1NCl. The first-order valence-electron chi connectivity index (χ1n) is 4.04. The van der Waals surface area contributed by atoms with Crippen LogP contribution in [-0.4, -0.2) is 4.98 Å². The number of fused-ring (bicyclic) bond motifs is 1. The fraction of sp³-hybridized carbons (Fsp3) is 0.100. The number of hydrogen-bond donors (Lipinski definition) is 1. The van der Waals surface area contributed by atoms with Crippen molar-refractivity contribution in [3.8, 4) is 0 Å². The molecule has 0 fully saturated rings. The number of aromatic nitrogens is 1. The molecule has 0 atom stereocenters. The Labute approximate surface area is 81.7 Å². The first kappa shape index (κ1) is 8.32. The topological polar surface area (TPSA) is 24.9 Å². The van der Waals surface area contributed by atoms with Crippen molar-refractivity contribution >= 4 is 28.2 Å². The van der Waals surface area contributed by atoms with Gasteiger partial charge in [0, 0.05) is 28.7 Å². The minimum atomic E-state index is 0.889. The summed E-state index contributed by atoms with van der Waals surface area (Å²) >= 11 is 5.62. The molecule has 1 heterocycles. The molecule has 0 amide bonds. The maximum Gasteiger partial charge on any atom is 0.0782 e. The molecule has 0 radical (unpaired) electrons. The standard InChI is InChI=1S/C10H9ClN2/c1-7-10(13-11)9-5-3-2-4-8(9)6-12-7/h2-6,13H,1H3. The van der Waals surface area contributed by atoms with E-state index in [9.17, 15) is 0 Å². The van der Waals surface area contributed by atoms with Crippen molar-refractivity contribution in [3.63, 3.8) is 0 Å². The van der Waals surface area contributed by atoms with Gasteiger partial charge in [-0.25, -0.2) is 0 Å². The number of anilines is 1. The molecule has 0 bridgehead atoms. The summed E-state index contributed by atoms with van der Waals surface area (Å²) in [6, 6.07) is 8.01. The molecule has 0 spiro atoms. The summed E-state index contributed by atoms with van der Waals surface area (Å²) in [6.07, 6.45) is 1.85. The first-order valence-corrected chi connectivity index (χ1v) is 4.41. The molecule has 2 nitrogen and oxygen atoms in total. The lowest BCUT2D eigenvalue weighted by Gasteiger charge is -2.06. The van der Waals surface area contributed by atoms with Gasteiger partial charge in [0.2, 0.25) is 0 Å². The zero-order chi connectivity index (χ0) is 9.26. The second-order valence-electron chi connectivity index (χ2n) is 2.90. The van der Waals surface area contributed by atoms with Crippen LogP contribution in [0.1, 0.15) is 5.69 Å². The number of rotatable bonds is 1. The molecule has 2 aromatic rings. The average Bonchev–Trinajstić information content (AvgIpc) is 2.18. The van der Waals surface area contributed by atoms with Gasteiger partial charge in [-0.05, 0) is 6.92 Å². The summed E-state index contributed by atoms with van der Waals surface area (Å²) < 4.78 is 0. The quantitative estimate of drug-likeness (QED) is 0.703. The second kappa shape index (κ2) is 3.23. The van der Waals surface area contributed by atoms with Gasteiger partial charge >= 0.3 is 0 Å². The Hall–Kier alpha value is -1.28. The van der Waals surface area contributed by atoms with E-state index in [1.807, 2.05) is 37.4 Å². The van der Waals surface area contributed by atoms with Crippen LogP contribution in [0.4, 0.5) is 5.69 Å². The van der Waals surface area contributed by atoms with E-state index >= 15 is 0 Å². The molecule has 66 valence electrons. The zero-order valence-electron chi connectivity index (χ0n) is 7.21. The Morgan fingerprint density at radius 1 is 1.31 bits per heavy atom. The Morgan fingerprint density at radius 2 is 2.08 bits per heavy atom. The molecule has 0 aliphatic carbocycles. The Balaban J connectivity index is 2.84. The number of nitrogens with one attached hydrogen (secondary N) is 1. The lowest BCUT2D eigenvalue weighted by Crippen LogP contribution is -1.90. The van der Waals surface area contributed by atoms with E-state index in [0.717, 1.165) is 22.2 Å². The van der Waals surface area contributed by atoms with Crippen molar-refractivity contribution in [2.45, 2.75) is 6.92 Å². The van der Waals surface area contributed by atoms with E-state index in [0.29, 0.717) is 0 Å². The average molecular weight is 193 g/mol. The third-order valence-electron chi connectivity index (χ3n) is 2.08. The van der Waals surface area contributed by atoms with Crippen LogP contribution in [0.3, 0.4) is 0 Å². The van der Waals surface area contributed by atoms with Crippen LogP contribution in [0.25, 0.3) is 10.8 Å².